The van der Waals surface area contributed by atoms with Crippen LogP contribution >= 0.6 is 0 Å². The number of hydrogen-bond acceptors (Lipinski definition) is 3. The van der Waals surface area contributed by atoms with Gasteiger partial charge in [-0.15, -0.1) is 0 Å². The predicted octanol–water partition coefficient (Wildman–Crippen LogP) is 24.4. The molecule has 0 saturated heterocycles. The summed E-state index contributed by atoms with van der Waals surface area (Å²) in [5.74, 6) is 4.64. The van der Waals surface area contributed by atoms with Crippen LogP contribution in [0.15, 0.2) is 710 Å². The molecule has 138 nitrogen and oxygen atoms in total. The Balaban J connectivity index is 4.14. The van der Waals surface area contributed by atoms with E-state index in [0.717, 1.165) is 0 Å². The van der Waals surface area contributed by atoms with Crippen molar-refractivity contribution in [1.82, 2.24) is 0 Å². The summed E-state index contributed by atoms with van der Waals surface area (Å²) in [5, 5.41) is 415. The molecule has 696 valence electrons. The monoisotopic (exact) mass is 1950 g/mol. The van der Waals surface area contributed by atoms with E-state index in [1.54, 1.807) is 0 Å². The molecule has 0 atom stereocenters. The summed E-state index contributed by atoms with van der Waals surface area (Å²) in [6.07, 6.45) is 1.31. The molecule has 0 aromatic rings. The highest BCUT2D eigenvalue weighted by molar-refractivity contribution is 4.56. The normalized spacial score (nSPS) is 15.7. The van der Waals surface area contributed by atoms with Gasteiger partial charge in [0.1, 0.15) is 0 Å². The van der Waals surface area contributed by atoms with Crippen molar-refractivity contribution < 1.29 is 0 Å². The molecule has 138 heteroatoms. The standard InChI is InChI=1S/CH2N138/c2-1-4-6-8-10-12-14-16-18-20-22-24-26-28-30-32-34-36-38-40-42-44-46-48-50-52-54-56-58-60-62-64-66-68-70-72-74-76-78-80-82-84-86-88-90-92-94-96-98-100-102-104-106-108-110-112-114-116-118-120-122-124-126-128-130-132-134-136-138-139-137-135-133-131-129-127-125-123-121-119-117-115-113-111-109-107-105-103-101-99-97-95-93-91-89-87-85-83-81-79-77-75-73-71-69-67-65-63-61-59-57-55-53-51-49-47-45-43-41-39-37-35-33-31-29-27-25-23-21-19-17-15-13-11-9-7-5-3/h(H2,3,4,7,8,11,12,15,16,19,20,23,24,27,28,31,32,35,36,39,40,43,44,47,48,51,52,55,56,59,60,63,64,67,68,71,72,75,76,79,80,83,84,87,88,91,92,95,96,99,100,103,104,107,108,111,112,115,116,119,120,123,124,127,128,131,132,135,136,139). The molecule has 0 heterocycles. The maximum atomic E-state index is 8.04. The van der Waals surface area contributed by atoms with Crippen molar-refractivity contribution in [1.29, 1.82) is 5.26 Å². The van der Waals surface area contributed by atoms with E-state index in [-0.39, 0.29) is 0 Å². The van der Waals surface area contributed by atoms with Crippen LogP contribution < -0.4 is 5.84 Å². The van der Waals surface area contributed by atoms with Gasteiger partial charge in [0.25, 0.3) is 0 Å². The van der Waals surface area contributed by atoms with Gasteiger partial charge in [-0.3, -0.25) is 0 Å². The summed E-state index contributed by atoms with van der Waals surface area (Å²) in [5.41, 5.74) is 0. The van der Waals surface area contributed by atoms with E-state index in [1.807, 2.05) is 0 Å². The summed E-state index contributed by atoms with van der Waals surface area (Å²) in [4.78, 5) is 0. The molecule has 0 bridgehead atoms. The maximum Gasteiger partial charge on any atom is 0.227 e. The summed E-state index contributed by atoms with van der Waals surface area (Å²) in [6.45, 7) is 0. The van der Waals surface area contributed by atoms with Crippen LogP contribution in [0.25, 0.3) is 0 Å². The number of nitrogens with zero attached hydrogens (tertiary/aromatic N) is 137. The lowest BCUT2D eigenvalue weighted by molar-refractivity contribution is 0.722. The number of nitrogens with two attached hydrogens (primary N) is 1. The Kier molecular flexibility index (Phi) is 88.0. The molecule has 0 fully saturated rings. The fourth-order valence-corrected chi connectivity index (χ4v) is 2.42. The second-order valence-electron chi connectivity index (χ2n) is 12.3. The number of nitriles is 1. The minimum absolute atomic E-state index is 1.31. The zero-order chi connectivity index (χ0) is 98.9. The van der Waals surface area contributed by atoms with Gasteiger partial charge < -0.3 is 5.84 Å². The zero-order valence-electron chi connectivity index (χ0n) is 62.3. The first-order valence-corrected chi connectivity index (χ1v) is 27.7. The average Bonchev–Trinajstić information content (AvgIpc) is 1.10. The Morgan fingerprint density at radius 1 is 0.0719 bits per heavy atom. The smallest absolute Gasteiger partial charge is 0.227 e. The van der Waals surface area contributed by atoms with Crippen LogP contribution in [0.3, 0.4) is 0 Å². The van der Waals surface area contributed by atoms with E-state index in [2.05, 4.69) is 716 Å². The van der Waals surface area contributed by atoms with Gasteiger partial charge in [0, 0.05) is 622 Å². The van der Waals surface area contributed by atoms with Gasteiger partial charge in [0.2, 0.25) is 6.19 Å². The van der Waals surface area contributed by atoms with Crippen molar-refractivity contribution >= 4 is 0 Å². The van der Waals surface area contributed by atoms with Crippen LogP contribution in [0.5, 0.6) is 0 Å². The molecule has 139 heavy (non-hydrogen) atoms. The lowest BCUT2D eigenvalue weighted by Crippen LogP contribution is -1.70. The highest BCUT2D eigenvalue weighted by Gasteiger charge is 1.84. The largest absolute Gasteiger partial charge is 0.303 e. The minimum Gasteiger partial charge on any atom is -0.303 e. The van der Waals surface area contributed by atoms with Crippen LogP contribution in [0.4, 0.5) is 0 Å². The van der Waals surface area contributed by atoms with Crippen molar-refractivity contribution in [3.8, 4) is 6.19 Å². The van der Waals surface area contributed by atoms with Crippen molar-refractivity contribution in [3.63, 3.8) is 0 Å². The summed E-state index contributed by atoms with van der Waals surface area (Å²) in [6, 6.07) is 0. The first-order chi connectivity index (χ1) is 69.4. The first-order valence-electron chi connectivity index (χ1n) is 27.7. The van der Waals surface area contributed by atoms with Crippen molar-refractivity contribution in [2.45, 2.75) is 0 Å². The quantitative estimate of drug-likeness (QED) is 0.0269. The molecule has 0 radical (unpaired) electrons. The predicted molar refractivity (Wildman–Crippen MR) is 340 cm³/mol. The van der Waals surface area contributed by atoms with Crippen LogP contribution in [-0.4, -0.2) is 0 Å². The molecule has 0 aromatic carbocycles. The molecule has 2 N–H and O–H groups in total. The first kappa shape index (κ1) is 111. The Hall–Kier alpha value is -27.9. The third-order valence-corrected chi connectivity index (χ3v) is 5.46. The zero-order valence-corrected chi connectivity index (χ0v) is 62.3. The Morgan fingerprint density at radius 3 is 0.158 bits per heavy atom. The second kappa shape index (κ2) is 110. The van der Waals surface area contributed by atoms with Crippen molar-refractivity contribution in [2.24, 2.45) is 716 Å². The van der Waals surface area contributed by atoms with Crippen LogP contribution in [0, 0.1) is 11.5 Å². The van der Waals surface area contributed by atoms with Gasteiger partial charge in [0.15, 0.2) is 0 Å². The molecular formula is CH2N138. The Labute approximate surface area is 727 Å². The Bertz CT molecular complexity index is 5100. The van der Waals surface area contributed by atoms with Gasteiger partial charge in [-0.1, -0.05) is 5.22 Å². The Morgan fingerprint density at radius 2 is 0.115 bits per heavy atom. The lowest BCUT2D eigenvalue weighted by Gasteiger charge is -1.71. The molecule has 0 aliphatic heterocycles. The lowest BCUT2D eigenvalue weighted by atomic mass is 11.5. The van der Waals surface area contributed by atoms with E-state index in [4.69, 9.17) is 5.26 Å². The van der Waals surface area contributed by atoms with Crippen molar-refractivity contribution in [2.75, 3.05) is 0 Å². The number of rotatable bonds is 67. The molecule has 0 spiro atoms. The summed E-state index contributed by atoms with van der Waals surface area (Å²) in [7, 11) is 0. The topological polar surface area (TPSA) is 1730 Å². The third kappa shape index (κ3) is 110. The maximum absolute atomic E-state index is 8.04. The SMILES string of the molecule is N#CN=N/N=N/N=N/N=N/N=N/N=N/N=N/N=N/N=N/N=N/N=N/N=N/N=N/N=N/N=N/N=N/N=N/N=N/N=N/N=N/N=N/N=N/N=N/N=N/N=N/N=N/N=N/N=N/N=N/N=N/N=N/N=N/N=N/N=N/N=N/N=N/N=N/N=N/N=N/N=N/N=N/N=N/N=N/N=N/N=N/N=N/N=N/N=N/N=N/N=N/N=N/N=N/N=N/N=N/N=N/N=N/N=N/N=N/N=N/N=N/N=N/N=N/N=N/N=N/N=N/N=N/N=N/N=N/N. The van der Waals surface area contributed by atoms with Crippen LogP contribution in [-0.2, 0) is 0 Å². The van der Waals surface area contributed by atoms with Gasteiger partial charge in [-0.2, -0.15) is 5.26 Å². The molecule has 0 aliphatic rings. The highest BCUT2D eigenvalue weighted by atomic mass is 15.8. The van der Waals surface area contributed by atoms with E-state index in [0.29, 0.717) is 0 Å². The molecule has 0 aliphatic carbocycles. The highest BCUT2D eigenvalue weighted by Crippen LogP contribution is 2.02. The van der Waals surface area contributed by atoms with Crippen LogP contribution in [0.1, 0.15) is 0 Å². The summed E-state index contributed by atoms with van der Waals surface area (Å²) >= 11 is 0. The minimum atomic E-state index is 1.31. The fourth-order valence-electron chi connectivity index (χ4n) is 2.42. The van der Waals surface area contributed by atoms with Gasteiger partial charge >= 0.3 is 0 Å². The van der Waals surface area contributed by atoms with Gasteiger partial charge in [0.05, 0.1) is 0 Å². The second-order valence-corrected chi connectivity index (χ2v) is 12.3. The third-order valence-electron chi connectivity index (χ3n) is 5.46. The van der Waals surface area contributed by atoms with Gasteiger partial charge in [-0.25, -0.2) is 0 Å². The molecular weight excluding hydrogens is 1940 g/mol. The van der Waals surface area contributed by atoms with Crippen molar-refractivity contribution in [3.05, 3.63) is 0 Å². The fraction of sp³-hybridized carbons (Fsp3) is 0. The molecule has 0 saturated carbocycles. The molecule has 0 unspecified atom stereocenters. The van der Waals surface area contributed by atoms with E-state index in [1.165, 1.54) is 6.19 Å². The summed E-state index contributed by atoms with van der Waals surface area (Å²) < 4.78 is 0. The van der Waals surface area contributed by atoms with Crippen LogP contribution in [0.2, 0.25) is 0 Å². The van der Waals surface area contributed by atoms with E-state index >= 15 is 0 Å². The average molecular weight is 1950 g/mol. The van der Waals surface area contributed by atoms with E-state index in [9.17, 15) is 0 Å². The number of hydrogen-bond donors (Lipinski definition) is 1. The molecule has 0 rings (SSSR count). The van der Waals surface area contributed by atoms with Gasteiger partial charge in [-0.05, 0) is 83.5 Å². The molecule has 0 aromatic heterocycles. The van der Waals surface area contributed by atoms with E-state index < -0.39 is 0 Å². The molecule has 0 amide bonds.